The number of para-hydroxylation sites is 1. The molecule has 0 atom stereocenters. The summed E-state index contributed by atoms with van der Waals surface area (Å²) in [6.07, 6.45) is 0.599. The summed E-state index contributed by atoms with van der Waals surface area (Å²) in [6, 6.07) is 9.48. The van der Waals surface area contributed by atoms with Crippen molar-refractivity contribution in [3.63, 3.8) is 0 Å². The molecule has 1 aromatic carbocycles. The first-order valence-electron chi connectivity index (χ1n) is 7.12. The second-order valence-electron chi connectivity index (χ2n) is 5.12. The van der Waals surface area contributed by atoms with E-state index in [1.165, 1.54) is 0 Å². The van der Waals surface area contributed by atoms with Crippen molar-refractivity contribution in [1.82, 2.24) is 4.90 Å². The molecule has 0 radical (unpaired) electrons. The van der Waals surface area contributed by atoms with E-state index in [-0.39, 0.29) is 6.09 Å². The molecule has 21 heavy (non-hydrogen) atoms. The van der Waals surface area contributed by atoms with E-state index < -0.39 is 11.4 Å². The van der Waals surface area contributed by atoms with Gasteiger partial charge in [0, 0.05) is 18.8 Å². The maximum absolute atomic E-state index is 11.9. The summed E-state index contributed by atoms with van der Waals surface area (Å²) >= 11 is 0. The first-order valence-corrected chi connectivity index (χ1v) is 7.12. The summed E-state index contributed by atoms with van der Waals surface area (Å²) in [5.74, 6) is -0.394. The molecular weight excluding hydrogens is 270 g/mol. The normalized spacial score (nSPS) is 17.1. The van der Waals surface area contributed by atoms with Crippen LogP contribution in [0, 0.1) is 0 Å². The number of hydrogen-bond acceptors (Lipinski definition) is 4. The van der Waals surface area contributed by atoms with Gasteiger partial charge in [0.1, 0.15) is 5.54 Å². The number of piperidine rings is 1. The third-order valence-electron chi connectivity index (χ3n) is 3.77. The van der Waals surface area contributed by atoms with Gasteiger partial charge < -0.3 is 20.7 Å². The van der Waals surface area contributed by atoms with E-state index >= 15 is 0 Å². The second-order valence-corrected chi connectivity index (χ2v) is 5.12. The van der Waals surface area contributed by atoms with Crippen LogP contribution in [-0.2, 0) is 9.53 Å². The highest BCUT2D eigenvalue weighted by molar-refractivity contribution is 5.88. The number of likely N-dealkylation sites (tertiary alicyclic amines) is 1. The zero-order chi connectivity index (χ0) is 15.3. The summed E-state index contributed by atoms with van der Waals surface area (Å²) in [6.45, 7) is 3.01. The molecule has 0 spiro atoms. The van der Waals surface area contributed by atoms with Crippen molar-refractivity contribution in [2.24, 2.45) is 5.73 Å². The fraction of sp³-hybridized carbons (Fsp3) is 0.467. The minimum atomic E-state index is -0.815. The van der Waals surface area contributed by atoms with Crippen LogP contribution in [0.2, 0.25) is 0 Å². The van der Waals surface area contributed by atoms with Crippen molar-refractivity contribution >= 4 is 17.7 Å². The van der Waals surface area contributed by atoms with Crippen molar-refractivity contribution < 1.29 is 14.3 Å². The quantitative estimate of drug-likeness (QED) is 0.882. The third kappa shape index (κ3) is 3.45. The SMILES string of the molecule is CCOC(=O)N1CCC(Nc2ccccc2)(C(N)=O)CC1. The third-order valence-corrected chi connectivity index (χ3v) is 3.77. The monoisotopic (exact) mass is 291 g/mol. The highest BCUT2D eigenvalue weighted by atomic mass is 16.6. The molecule has 6 nitrogen and oxygen atoms in total. The van der Waals surface area contributed by atoms with Gasteiger partial charge in [-0.05, 0) is 31.9 Å². The number of carbonyl (C=O) groups is 2. The van der Waals surface area contributed by atoms with E-state index in [2.05, 4.69) is 5.32 Å². The van der Waals surface area contributed by atoms with E-state index in [9.17, 15) is 9.59 Å². The summed E-state index contributed by atoms with van der Waals surface area (Å²) in [4.78, 5) is 25.2. The topological polar surface area (TPSA) is 84.7 Å². The van der Waals surface area contributed by atoms with Gasteiger partial charge in [-0.25, -0.2) is 4.79 Å². The Kier molecular flexibility index (Phi) is 4.67. The van der Waals surface area contributed by atoms with Crippen LogP contribution in [0.5, 0.6) is 0 Å². The number of primary amides is 1. The van der Waals surface area contributed by atoms with Crippen molar-refractivity contribution in [3.8, 4) is 0 Å². The Labute approximate surface area is 124 Å². The molecule has 1 fully saturated rings. The van der Waals surface area contributed by atoms with Crippen LogP contribution in [0.3, 0.4) is 0 Å². The molecule has 2 amide bonds. The van der Waals surface area contributed by atoms with Crippen LogP contribution in [0.4, 0.5) is 10.5 Å². The van der Waals surface area contributed by atoms with E-state index in [4.69, 9.17) is 10.5 Å². The Morgan fingerprint density at radius 2 is 1.90 bits per heavy atom. The Bertz CT molecular complexity index is 496. The summed E-state index contributed by atoms with van der Waals surface area (Å²) < 4.78 is 4.98. The van der Waals surface area contributed by atoms with Gasteiger partial charge in [0.05, 0.1) is 6.61 Å². The van der Waals surface area contributed by atoms with E-state index in [1.54, 1.807) is 11.8 Å². The second kappa shape index (κ2) is 6.47. The zero-order valence-electron chi connectivity index (χ0n) is 12.2. The number of nitrogens with zero attached hydrogens (tertiary/aromatic N) is 1. The Morgan fingerprint density at radius 1 is 1.29 bits per heavy atom. The molecule has 3 N–H and O–H groups in total. The van der Waals surface area contributed by atoms with Crippen molar-refractivity contribution in [1.29, 1.82) is 0 Å². The zero-order valence-corrected chi connectivity index (χ0v) is 12.2. The van der Waals surface area contributed by atoms with Crippen LogP contribution in [-0.4, -0.2) is 42.1 Å². The largest absolute Gasteiger partial charge is 0.450 e. The number of anilines is 1. The minimum Gasteiger partial charge on any atom is -0.450 e. The smallest absolute Gasteiger partial charge is 0.409 e. The van der Waals surface area contributed by atoms with Crippen molar-refractivity contribution in [2.45, 2.75) is 25.3 Å². The number of hydrogen-bond donors (Lipinski definition) is 2. The average molecular weight is 291 g/mol. The number of rotatable bonds is 4. The lowest BCUT2D eigenvalue weighted by Gasteiger charge is -2.40. The number of nitrogens with one attached hydrogen (secondary N) is 1. The molecule has 0 aliphatic carbocycles. The molecule has 114 valence electrons. The number of ether oxygens (including phenoxy) is 1. The van der Waals surface area contributed by atoms with Gasteiger partial charge in [-0.3, -0.25) is 4.79 Å². The maximum atomic E-state index is 11.9. The first kappa shape index (κ1) is 15.2. The molecule has 0 aromatic heterocycles. The van der Waals surface area contributed by atoms with Crippen LogP contribution in [0.25, 0.3) is 0 Å². The van der Waals surface area contributed by atoms with Crippen LogP contribution in [0.15, 0.2) is 30.3 Å². The highest BCUT2D eigenvalue weighted by Gasteiger charge is 2.41. The standard InChI is InChI=1S/C15H21N3O3/c1-2-21-14(20)18-10-8-15(9-11-18,13(16)19)17-12-6-4-3-5-7-12/h3-7,17H,2,8-11H2,1H3,(H2,16,19). The summed E-state index contributed by atoms with van der Waals surface area (Å²) in [5.41, 5.74) is 5.63. The molecule has 0 unspecified atom stereocenters. The van der Waals surface area contributed by atoms with Crippen LogP contribution in [0.1, 0.15) is 19.8 Å². The maximum Gasteiger partial charge on any atom is 0.409 e. The average Bonchev–Trinajstić information content (AvgIpc) is 2.49. The van der Waals surface area contributed by atoms with Crippen molar-refractivity contribution in [3.05, 3.63) is 30.3 Å². The molecule has 1 heterocycles. The van der Waals surface area contributed by atoms with Crippen molar-refractivity contribution in [2.75, 3.05) is 25.0 Å². The lowest BCUT2D eigenvalue weighted by Crippen LogP contribution is -2.57. The van der Waals surface area contributed by atoms with Gasteiger partial charge in [-0.15, -0.1) is 0 Å². The number of nitrogens with two attached hydrogens (primary N) is 1. The van der Waals surface area contributed by atoms with E-state index in [0.717, 1.165) is 5.69 Å². The molecule has 1 aliphatic rings. The van der Waals surface area contributed by atoms with Gasteiger partial charge >= 0.3 is 6.09 Å². The van der Waals surface area contributed by atoms with E-state index in [0.29, 0.717) is 32.5 Å². The van der Waals surface area contributed by atoms with Gasteiger partial charge in [-0.2, -0.15) is 0 Å². The molecule has 1 saturated heterocycles. The molecule has 6 heteroatoms. The molecular formula is C15H21N3O3. The number of carbonyl (C=O) groups excluding carboxylic acids is 2. The summed E-state index contributed by atoms with van der Waals surface area (Å²) in [5, 5.41) is 3.23. The predicted molar refractivity (Wildman–Crippen MR) is 79.8 cm³/mol. The summed E-state index contributed by atoms with van der Waals surface area (Å²) in [7, 11) is 0. The number of amides is 2. The Morgan fingerprint density at radius 3 is 2.43 bits per heavy atom. The minimum absolute atomic E-state index is 0.338. The lowest BCUT2D eigenvalue weighted by molar-refractivity contribution is -0.123. The Hall–Kier alpha value is -2.24. The van der Waals surface area contributed by atoms with Crippen LogP contribution < -0.4 is 11.1 Å². The van der Waals surface area contributed by atoms with Gasteiger partial charge in [0.2, 0.25) is 5.91 Å². The molecule has 2 rings (SSSR count). The lowest BCUT2D eigenvalue weighted by atomic mass is 9.86. The van der Waals surface area contributed by atoms with Gasteiger partial charge in [-0.1, -0.05) is 18.2 Å². The predicted octanol–water partition coefficient (Wildman–Crippen LogP) is 1.57. The molecule has 1 aromatic rings. The van der Waals surface area contributed by atoms with Crippen LogP contribution >= 0.6 is 0 Å². The number of benzene rings is 1. The fourth-order valence-corrected chi connectivity index (χ4v) is 2.52. The van der Waals surface area contributed by atoms with Gasteiger partial charge in [0.25, 0.3) is 0 Å². The van der Waals surface area contributed by atoms with E-state index in [1.807, 2.05) is 30.3 Å². The molecule has 0 bridgehead atoms. The molecule has 0 saturated carbocycles. The first-order chi connectivity index (χ1) is 10.1. The van der Waals surface area contributed by atoms with Gasteiger partial charge in [0.15, 0.2) is 0 Å². The molecule has 1 aliphatic heterocycles. The highest BCUT2D eigenvalue weighted by Crippen LogP contribution is 2.27. The Balaban J connectivity index is 2.05. The fourth-order valence-electron chi connectivity index (χ4n) is 2.52.